The van der Waals surface area contributed by atoms with Crippen LogP contribution in [0.4, 0.5) is 10.1 Å². The van der Waals surface area contributed by atoms with E-state index in [4.69, 9.17) is 5.73 Å². The highest BCUT2D eigenvalue weighted by Crippen LogP contribution is 2.17. The van der Waals surface area contributed by atoms with Crippen molar-refractivity contribution >= 4 is 23.4 Å². The summed E-state index contributed by atoms with van der Waals surface area (Å²) in [6.45, 7) is 5.09. The number of benzene rings is 1. The molecule has 122 valence electrons. The zero-order valence-corrected chi connectivity index (χ0v) is 13.8. The molecule has 0 radical (unpaired) electrons. The fourth-order valence-corrected chi connectivity index (χ4v) is 3.23. The number of nitrogens with zero attached hydrogens (tertiary/aromatic N) is 2. The smallest absolute Gasteiger partial charge is 0.240 e. The number of thioether (sulfide) groups is 1. The molecule has 22 heavy (non-hydrogen) atoms. The van der Waals surface area contributed by atoms with Crippen molar-refractivity contribution in [3.8, 4) is 0 Å². The van der Waals surface area contributed by atoms with E-state index in [-0.39, 0.29) is 11.7 Å². The fraction of sp³-hybridized carbons (Fsp3) is 0.562. The number of amides is 1. The minimum absolute atomic E-state index is 0.0434. The summed E-state index contributed by atoms with van der Waals surface area (Å²) in [5, 5.41) is 0. The summed E-state index contributed by atoms with van der Waals surface area (Å²) in [6, 6.07) is 6.11. The van der Waals surface area contributed by atoms with Gasteiger partial charge < -0.3 is 15.5 Å². The number of nitrogens with two attached hydrogens (primary N) is 1. The second kappa shape index (κ2) is 8.39. The van der Waals surface area contributed by atoms with Crippen LogP contribution >= 0.6 is 11.8 Å². The first-order valence-electron chi connectivity index (χ1n) is 7.74. The van der Waals surface area contributed by atoms with E-state index >= 15 is 0 Å². The Morgan fingerprint density at radius 2 is 2.00 bits per heavy atom. The molecule has 1 heterocycles. The lowest BCUT2D eigenvalue weighted by molar-refractivity contribution is -0.131. The fourth-order valence-electron chi connectivity index (χ4n) is 2.60. The summed E-state index contributed by atoms with van der Waals surface area (Å²) in [4.78, 5) is 16.4. The molecule has 1 fully saturated rings. The van der Waals surface area contributed by atoms with Gasteiger partial charge in [-0.05, 0) is 36.4 Å². The Hall–Kier alpha value is -1.27. The topological polar surface area (TPSA) is 49.6 Å². The minimum Gasteiger partial charge on any atom is -0.370 e. The molecule has 0 saturated carbocycles. The lowest BCUT2D eigenvalue weighted by Gasteiger charge is -2.25. The highest BCUT2D eigenvalue weighted by molar-refractivity contribution is 7.99. The van der Waals surface area contributed by atoms with Gasteiger partial charge in [0, 0.05) is 37.6 Å². The second-order valence-electron chi connectivity index (χ2n) is 5.41. The molecule has 0 aliphatic carbocycles. The molecule has 2 rings (SSSR count). The van der Waals surface area contributed by atoms with Crippen molar-refractivity contribution in [1.29, 1.82) is 0 Å². The maximum atomic E-state index is 13.0. The van der Waals surface area contributed by atoms with Crippen LogP contribution in [0.25, 0.3) is 0 Å². The van der Waals surface area contributed by atoms with Gasteiger partial charge in [-0.25, -0.2) is 4.39 Å². The zero-order valence-electron chi connectivity index (χ0n) is 13.0. The van der Waals surface area contributed by atoms with Crippen molar-refractivity contribution in [3.05, 3.63) is 30.1 Å². The van der Waals surface area contributed by atoms with Gasteiger partial charge in [-0.1, -0.05) is 6.92 Å². The Kier molecular flexibility index (Phi) is 6.51. The third-order valence-corrected chi connectivity index (χ3v) is 4.82. The molecule has 2 N–H and O–H groups in total. The Morgan fingerprint density at radius 3 is 2.68 bits per heavy atom. The Balaban J connectivity index is 1.91. The number of rotatable bonds is 5. The lowest BCUT2D eigenvalue weighted by atomic mass is 10.2. The molecule has 1 aromatic carbocycles. The first-order chi connectivity index (χ1) is 10.6. The summed E-state index contributed by atoms with van der Waals surface area (Å²) >= 11 is 1.69. The van der Waals surface area contributed by atoms with Gasteiger partial charge in [0.15, 0.2) is 0 Å². The molecule has 0 unspecified atom stereocenters. The van der Waals surface area contributed by atoms with Crippen LogP contribution in [0.2, 0.25) is 0 Å². The van der Waals surface area contributed by atoms with Crippen molar-refractivity contribution < 1.29 is 9.18 Å². The molecule has 1 saturated heterocycles. The maximum absolute atomic E-state index is 13.0. The Morgan fingerprint density at radius 1 is 1.27 bits per heavy atom. The number of hydrogen-bond donors (Lipinski definition) is 1. The van der Waals surface area contributed by atoms with Gasteiger partial charge in [-0.2, -0.15) is 11.8 Å². The number of carbonyl (C=O) groups is 1. The molecule has 1 aliphatic rings. The molecule has 6 heteroatoms. The van der Waals surface area contributed by atoms with Gasteiger partial charge in [0.2, 0.25) is 5.91 Å². The van der Waals surface area contributed by atoms with Gasteiger partial charge >= 0.3 is 0 Å². The summed E-state index contributed by atoms with van der Waals surface area (Å²) < 4.78 is 13.0. The van der Waals surface area contributed by atoms with Crippen molar-refractivity contribution in [2.45, 2.75) is 19.4 Å². The van der Waals surface area contributed by atoms with Crippen molar-refractivity contribution in [1.82, 2.24) is 4.90 Å². The highest BCUT2D eigenvalue weighted by atomic mass is 32.2. The number of hydrogen-bond acceptors (Lipinski definition) is 4. The monoisotopic (exact) mass is 325 g/mol. The normalized spacial score (nSPS) is 17.2. The third-order valence-electron chi connectivity index (χ3n) is 3.82. The van der Waals surface area contributed by atoms with E-state index in [1.807, 2.05) is 4.90 Å². The first kappa shape index (κ1) is 17.1. The van der Waals surface area contributed by atoms with Crippen LogP contribution in [0.1, 0.15) is 13.3 Å². The molecular formula is C16H24FN3OS. The third kappa shape index (κ3) is 4.61. The van der Waals surface area contributed by atoms with E-state index in [9.17, 15) is 9.18 Å². The largest absolute Gasteiger partial charge is 0.370 e. The highest BCUT2D eigenvalue weighted by Gasteiger charge is 2.23. The van der Waals surface area contributed by atoms with Gasteiger partial charge in [-0.15, -0.1) is 0 Å². The molecule has 1 aromatic rings. The predicted octanol–water partition coefficient (Wildman–Crippen LogP) is 1.94. The molecular weight excluding hydrogens is 301 g/mol. The van der Waals surface area contributed by atoms with E-state index in [2.05, 4.69) is 11.8 Å². The van der Waals surface area contributed by atoms with E-state index in [0.29, 0.717) is 12.3 Å². The molecule has 0 spiro atoms. The zero-order chi connectivity index (χ0) is 15.9. The van der Waals surface area contributed by atoms with Crippen LogP contribution in [-0.4, -0.2) is 54.5 Å². The van der Waals surface area contributed by atoms with Crippen LogP contribution in [0.5, 0.6) is 0 Å². The van der Waals surface area contributed by atoms with Crippen LogP contribution < -0.4 is 10.6 Å². The number of anilines is 1. The van der Waals surface area contributed by atoms with Gasteiger partial charge in [0.05, 0.1) is 6.04 Å². The molecule has 4 nitrogen and oxygen atoms in total. The summed E-state index contributed by atoms with van der Waals surface area (Å²) in [5.41, 5.74) is 6.98. The van der Waals surface area contributed by atoms with Gasteiger partial charge in [0.1, 0.15) is 5.82 Å². The lowest BCUT2D eigenvalue weighted by Crippen LogP contribution is -2.46. The molecule has 1 amide bonds. The van der Waals surface area contributed by atoms with Crippen molar-refractivity contribution in [3.63, 3.8) is 0 Å². The van der Waals surface area contributed by atoms with E-state index < -0.39 is 6.04 Å². The molecule has 0 bridgehead atoms. The number of halogens is 1. The second-order valence-corrected chi connectivity index (χ2v) is 6.73. The molecule has 1 atom stereocenters. The SMILES string of the molecule is CCSC[C@H](N)C(=O)N1CCCN(c2ccc(F)cc2)CC1. The van der Waals surface area contributed by atoms with Gasteiger partial charge in [0.25, 0.3) is 0 Å². The standard InChI is InChI=1S/C16H24FN3OS/c1-2-22-12-15(18)16(21)20-9-3-8-19(10-11-20)14-6-4-13(17)5-7-14/h4-7,15H,2-3,8-12,18H2,1H3/t15-/m0/s1. The van der Waals surface area contributed by atoms with Crippen LogP contribution in [0.15, 0.2) is 24.3 Å². The van der Waals surface area contributed by atoms with Crippen LogP contribution in [0.3, 0.4) is 0 Å². The van der Waals surface area contributed by atoms with E-state index in [1.165, 1.54) is 12.1 Å². The average molecular weight is 325 g/mol. The maximum Gasteiger partial charge on any atom is 0.240 e. The summed E-state index contributed by atoms with van der Waals surface area (Å²) in [7, 11) is 0. The predicted molar refractivity (Wildman–Crippen MR) is 90.8 cm³/mol. The van der Waals surface area contributed by atoms with E-state index in [1.54, 1.807) is 23.9 Å². The van der Waals surface area contributed by atoms with Crippen LogP contribution in [-0.2, 0) is 4.79 Å². The minimum atomic E-state index is -0.415. The average Bonchev–Trinajstić information content (AvgIpc) is 2.78. The molecule has 1 aliphatic heterocycles. The number of carbonyl (C=O) groups excluding carboxylic acids is 1. The quantitative estimate of drug-likeness (QED) is 0.899. The van der Waals surface area contributed by atoms with Gasteiger partial charge in [-0.3, -0.25) is 4.79 Å². The Bertz CT molecular complexity index is 483. The summed E-state index contributed by atoms with van der Waals surface area (Å²) in [5.74, 6) is 1.46. The van der Waals surface area contributed by atoms with Crippen molar-refractivity contribution in [2.75, 3.05) is 42.6 Å². The summed E-state index contributed by atoms with van der Waals surface area (Å²) in [6.07, 6.45) is 0.900. The Labute approximate surface area is 135 Å². The van der Waals surface area contributed by atoms with E-state index in [0.717, 1.165) is 37.5 Å². The first-order valence-corrected chi connectivity index (χ1v) is 8.90. The molecule has 0 aromatic heterocycles. The van der Waals surface area contributed by atoms with Crippen molar-refractivity contribution in [2.24, 2.45) is 5.73 Å². The van der Waals surface area contributed by atoms with Crippen LogP contribution in [0, 0.1) is 5.82 Å².